The molecule has 0 aromatic heterocycles. The summed E-state index contributed by atoms with van der Waals surface area (Å²) in [5, 5.41) is 0. The van der Waals surface area contributed by atoms with Crippen molar-refractivity contribution in [1.29, 1.82) is 0 Å². The summed E-state index contributed by atoms with van der Waals surface area (Å²) in [5.74, 6) is -1.63. The molecule has 0 aliphatic heterocycles. The Balaban J connectivity index is 3.16. The predicted molar refractivity (Wildman–Crippen MR) is 42.0 cm³/mol. The normalized spacial score (nSPS) is 17.9. The smallest absolute Gasteiger partial charge is 0.261 e. The quantitative estimate of drug-likeness (QED) is 0.348. The molecule has 0 bridgehead atoms. The molecule has 0 saturated carbocycles. The molecule has 12 heavy (non-hydrogen) atoms. The van der Waals surface area contributed by atoms with Gasteiger partial charge in [-0.15, -0.1) is 0 Å². The molecule has 6 heteroatoms. The van der Waals surface area contributed by atoms with Crippen molar-refractivity contribution in [3.8, 4) is 0 Å². The fourth-order valence-electron chi connectivity index (χ4n) is 0.640. The lowest BCUT2D eigenvalue weighted by atomic mass is 10.1. The molecule has 0 fully saturated rings. The highest BCUT2D eigenvalue weighted by molar-refractivity contribution is 8.17. The van der Waals surface area contributed by atoms with Crippen molar-refractivity contribution < 1.29 is 18.0 Å². The lowest BCUT2D eigenvalue weighted by Gasteiger charge is -1.99. The van der Waals surface area contributed by atoms with E-state index >= 15 is 0 Å². The van der Waals surface area contributed by atoms with E-state index in [2.05, 4.69) is 0 Å². The van der Waals surface area contributed by atoms with Crippen LogP contribution in [0, 0.1) is 0 Å². The molecule has 0 atom stereocenters. The highest BCUT2D eigenvalue weighted by Crippen LogP contribution is 2.16. The maximum absolute atomic E-state index is 10.7. The summed E-state index contributed by atoms with van der Waals surface area (Å²) in [4.78, 5) is 20.8. The van der Waals surface area contributed by atoms with Gasteiger partial charge in [-0.2, -0.15) is 0 Å². The number of carbonyl (C=O) groups excluding carboxylic acids is 2. The third kappa shape index (κ3) is 1.80. The Hall–Kier alpha value is -0.940. The minimum atomic E-state index is -3.91. The summed E-state index contributed by atoms with van der Waals surface area (Å²) in [5.41, 5.74) is 0. The van der Waals surface area contributed by atoms with Gasteiger partial charge in [0.15, 0.2) is 0 Å². The van der Waals surface area contributed by atoms with Gasteiger partial charge in [-0.1, -0.05) is 0 Å². The first-order chi connectivity index (χ1) is 5.41. The van der Waals surface area contributed by atoms with Gasteiger partial charge in [-0.3, -0.25) is 9.59 Å². The maximum atomic E-state index is 10.7. The van der Waals surface area contributed by atoms with Crippen molar-refractivity contribution in [2.75, 3.05) is 0 Å². The minimum absolute atomic E-state index is 0.353. The van der Waals surface area contributed by atoms with Gasteiger partial charge in [0.1, 0.15) is 0 Å². The first-order valence-electron chi connectivity index (χ1n) is 2.84. The van der Waals surface area contributed by atoms with Crippen LogP contribution < -0.4 is 0 Å². The average Bonchev–Trinajstić information content (AvgIpc) is 1.92. The zero-order valence-electron chi connectivity index (χ0n) is 5.65. The fraction of sp³-hybridized carbons (Fsp3) is 0. The lowest BCUT2D eigenvalue weighted by Crippen LogP contribution is -2.13. The van der Waals surface area contributed by atoms with Gasteiger partial charge in [-0.25, -0.2) is 8.42 Å². The van der Waals surface area contributed by atoms with E-state index in [9.17, 15) is 18.0 Å². The molecule has 0 spiro atoms. The Bertz CT molecular complexity index is 401. The molecule has 64 valence electrons. The van der Waals surface area contributed by atoms with Crippen molar-refractivity contribution in [2.24, 2.45) is 0 Å². The Morgan fingerprint density at radius 1 is 1.08 bits per heavy atom. The SMILES string of the molecule is O=C1C=CC(S(=O)(=O)Cl)=CC1=O. The molecular formula is C6H3ClO4S. The Kier molecular flexibility index (Phi) is 2.16. The van der Waals surface area contributed by atoms with E-state index in [1.165, 1.54) is 0 Å². The van der Waals surface area contributed by atoms with Gasteiger partial charge in [0, 0.05) is 16.8 Å². The molecule has 0 aromatic rings. The topological polar surface area (TPSA) is 68.3 Å². The van der Waals surface area contributed by atoms with Gasteiger partial charge >= 0.3 is 0 Å². The number of halogens is 1. The molecular weight excluding hydrogens is 204 g/mol. The van der Waals surface area contributed by atoms with E-state index in [1.54, 1.807) is 0 Å². The molecule has 0 amide bonds. The van der Waals surface area contributed by atoms with Crippen LogP contribution >= 0.6 is 10.7 Å². The van der Waals surface area contributed by atoms with E-state index < -0.39 is 20.6 Å². The van der Waals surface area contributed by atoms with Gasteiger partial charge < -0.3 is 0 Å². The van der Waals surface area contributed by atoms with E-state index in [1.807, 2.05) is 0 Å². The van der Waals surface area contributed by atoms with Gasteiger partial charge in [0.25, 0.3) is 9.05 Å². The Labute approximate surface area is 72.9 Å². The number of allylic oxidation sites excluding steroid dienone is 3. The van der Waals surface area contributed by atoms with E-state index in [4.69, 9.17) is 10.7 Å². The maximum Gasteiger partial charge on any atom is 0.261 e. The number of carbonyl (C=O) groups is 2. The summed E-state index contributed by atoms with van der Waals surface area (Å²) in [6, 6.07) is 0. The van der Waals surface area contributed by atoms with Crippen molar-refractivity contribution in [2.45, 2.75) is 0 Å². The van der Waals surface area contributed by atoms with E-state index in [0.29, 0.717) is 6.08 Å². The van der Waals surface area contributed by atoms with Crippen LogP contribution in [0.5, 0.6) is 0 Å². The monoisotopic (exact) mass is 206 g/mol. The van der Waals surface area contributed by atoms with Gasteiger partial charge in [-0.05, 0) is 12.2 Å². The second kappa shape index (κ2) is 2.84. The number of hydrogen-bond donors (Lipinski definition) is 0. The molecule has 1 aliphatic rings. The second-order valence-electron chi connectivity index (χ2n) is 2.05. The minimum Gasteiger partial charge on any atom is -0.286 e. The van der Waals surface area contributed by atoms with E-state index in [0.717, 1.165) is 12.2 Å². The van der Waals surface area contributed by atoms with Crippen LogP contribution in [0.3, 0.4) is 0 Å². The number of rotatable bonds is 1. The summed E-state index contributed by atoms with van der Waals surface area (Å²) in [6.07, 6.45) is 2.56. The second-order valence-corrected chi connectivity index (χ2v) is 4.61. The Morgan fingerprint density at radius 3 is 2.08 bits per heavy atom. The van der Waals surface area contributed by atoms with Crippen molar-refractivity contribution in [3.63, 3.8) is 0 Å². The fourth-order valence-corrected chi connectivity index (χ4v) is 1.41. The van der Waals surface area contributed by atoms with Crippen LogP contribution in [0.1, 0.15) is 0 Å². The molecule has 1 rings (SSSR count). The van der Waals surface area contributed by atoms with Crippen LogP contribution in [0.25, 0.3) is 0 Å². The highest BCUT2D eigenvalue weighted by Gasteiger charge is 2.20. The molecule has 0 heterocycles. The zero-order valence-corrected chi connectivity index (χ0v) is 7.22. The number of ketones is 2. The highest BCUT2D eigenvalue weighted by atomic mass is 35.7. The molecule has 1 aliphatic carbocycles. The van der Waals surface area contributed by atoms with Crippen molar-refractivity contribution in [1.82, 2.24) is 0 Å². The molecule has 0 unspecified atom stereocenters. The molecule has 0 saturated heterocycles. The summed E-state index contributed by atoms with van der Waals surface area (Å²) in [7, 11) is 1.01. The van der Waals surface area contributed by atoms with Crippen LogP contribution in [-0.2, 0) is 18.6 Å². The van der Waals surface area contributed by atoms with Crippen LogP contribution in [-0.4, -0.2) is 20.0 Å². The zero-order chi connectivity index (χ0) is 9.35. The van der Waals surface area contributed by atoms with Crippen LogP contribution in [0.2, 0.25) is 0 Å². The molecule has 0 N–H and O–H groups in total. The van der Waals surface area contributed by atoms with E-state index in [-0.39, 0.29) is 4.91 Å². The first kappa shape index (κ1) is 9.15. The summed E-state index contributed by atoms with van der Waals surface area (Å²) >= 11 is 0. The van der Waals surface area contributed by atoms with Gasteiger partial charge in [0.05, 0.1) is 4.91 Å². The Morgan fingerprint density at radius 2 is 1.67 bits per heavy atom. The number of hydrogen-bond acceptors (Lipinski definition) is 4. The van der Waals surface area contributed by atoms with Crippen molar-refractivity contribution >= 4 is 31.3 Å². The van der Waals surface area contributed by atoms with Crippen LogP contribution in [0.15, 0.2) is 23.1 Å². The van der Waals surface area contributed by atoms with Crippen LogP contribution in [0.4, 0.5) is 0 Å². The largest absolute Gasteiger partial charge is 0.286 e. The summed E-state index contributed by atoms with van der Waals surface area (Å²) < 4.78 is 21.2. The predicted octanol–water partition coefficient (Wildman–Crippen LogP) is 0.147. The van der Waals surface area contributed by atoms with Gasteiger partial charge in [0.2, 0.25) is 11.6 Å². The molecule has 4 nitrogen and oxygen atoms in total. The third-order valence-electron chi connectivity index (χ3n) is 1.20. The lowest BCUT2D eigenvalue weighted by molar-refractivity contribution is -0.131. The first-order valence-corrected chi connectivity index (χ1v) is 5.15. The average molecular weight is 207 g/mol. The molecule has 0 radical (unpaired) electrons. The third-order valence-corrected chi connectivity index (χ3v) is 2.55. The standard InChI is InChI=1S/C6H3ClO4S/c7-12(10,11)4-1-2-5(8)6(9)3-4/h1-3H. The molecule has 0 aromatic carbocycles. The summed E-state index contributed by atoms with van der Waals surface area (Å²) in [6.45, 7) is 0. The van der Waals surface area contributed by atoms with Crippen molar-refractivity contribution in [3.05, 3.63) is 23.1 Å².